The van der Waals surface area contributed by atoms with Crippen LogP contribution in [-0.4, -0.2) is 44.9 Å². The SMILES string of the molecule is Cc1cc(C(=O)Nc2ccc(CN3CCC(O)CC3)cc2)nn1Cc1cc(Cl)cc2cc(C(C)C)oc12. The molecule has 3 heterocycles. The third-order valence-electron chi connectivity index (χ3n) is 6.96. The second-order valence-electron chi connectivity index (χ2n) is 10.3. The molecule has 0 bridgehead atoms. The first-order chi connectivity index (χ1) is 17.7. The highest BCUT2D eigenvalue weighted by molar-refractivity contribution is 6.31. The minimum atomic E-state index is -0.254. The predicted molar refractivity (Wildman–Crippen MR) is 146 cm³/mol. The summed E-state index contributed by atoms with van der Waals surface area (Å²) in [4.78, 5) is 15.3. The molecule has 0 atom stereocenters. The normalized spacial score (nSPS) is 15.1. The zero-order valence-corrected chi connectivity index (χ0v) is 22.3. The summed E-state index contributed by atoms with van der Waals surface area (Å²) < 4.78 is 7.93. The van der Waals surface area contributed by atoms with Crippen molar-refractivity contribution >= 4 is 34.2 Å². The largest absolute Gasteiger partial charge is 0.460 e. The topological polar surface area (TPSA) is 83.5 Å². The van der Waals surface area contributed by atoms with Gasteiger partial charge in [-0.1, -0.05) is 37.6 Å². The number of benzene rings is 2. The van der Waals surface area contributed by atoms with Gasteiger partial charge in [0.1, 0.15) is 11.3 Å². The van der Waals surface area contributed by atoms with Gasteiger partial charge in [-0.05, 0) is 61.7 Å². The number of nitrogens with one attached hydrogen (secondary N) is 1. The van der Waals surface area contributed by atoms with Crippen LogP contribution in [0.5, 0.6) is 0 Å². The monoisotopic (exact) mass is 520 g/mol. The van der Waals surface area contributed by atoms with Gasteiger partial charge in [-0.15, -0.1) is 0 Å². The number of aromatic nitrogens is 2. The third kappa shape index (κ3) is 5.90. The summed E-state index contributed by atoms with van der Waals surface area (Å²) in [6.45, 7) is 9.22. The van der Waals surface area contributed by atoms with Gasteiger partial charge in [0.05, 0.1) is 12.6 Å². The van der Waals surface area contributed by atoms with E-state index in [1.54, 1.807) is 10.7 Å². The zero-order chi connectivity index (χ0) is 26.1. The summed E-state index contributed by atoms with van der Waals surface area (Å²) in [5.41, 5.74) is 4.86. The van der Waals surface area contributed by atoms with E-state index >= 15 is 0 Å². The van der Waals surface area contributed by atoms with Gasteiger partial charge in [0.2, 0.25) is 0 Å². The molecular weight excluding hydrogens is 488 g/mol. The maximum absolute atomic E-state index is 13.0. The van der Waals surface area contributed by atoms with Crippen molar-refractivity contribution in [2.75, 3.05) is 18.4 Å². The summed E-state index contributed by atoms with van der Waals surface area (Å²) in [6.07, 6.45) is 1.47. The summed E-state index contributed by atoms with van der Waals surface area (Å²) in [6, 6.07) is 15.5. The number of likely N-dealkylation sites (tertiary alicyclic amines) is 1. The van der Waals surface area contributed by atoms with Gasteiger partial charge < -0.3 is 14.8 Å². The highest BCUT2D eigenvalue weighted by Gasteiger charge is 2.18. The maximum atomic E-state index is 13.0. The van der Waals surface area contributed by atoms with Gasteiger partial charge >= 0.3 is 0 Å². The molecule has 0 saturated carbocycles. The number of amides is 1. The average Bonchev–Trinajstić information content (AvgIpc) is 3.46. The fourth-order valence-electron chi connectivity index (χ4n) is 4.77. The van der Waals surface area contributed by atoms with E-state index in [0.29, 0.717) is 17.3 Å². The van der Waals surface area contributed by atoms with E-state index in [1.807, 2.05) is 49.4 Å². The molecule has 0 unspecified atom stereocenters. The Morgan fingerprint density at radius 1 is 1.14 bits per heavy atom. The number of furan rings is 1. The van der Waals surface area contributed by atoms with Crippen LogP contribution in [0.15, 0.2) is 52.9 Å². The lowest BCUT2D eigenvalue weighted by molar-refractivity contribution is 0.0792. The molecule has 2 aromatic carbocycles. The Kier molecular flexibility index (Phi) is 7.38. The smallest absolute Gasteiger partial charge is 0.276 e. The molecule has 1 saturated heterocycles. The van der Waals surface area contributed by atoms with Crippen molar-refractivity contribution in [3.8, 4) is 0 Å². The molecule has 1 aliphatic heterocycles. The summed E-state index contributed by atoms with van der Waals surface area (Å²) in [5, 5.41) is 18.8. The van der Waals surface area contributed by atoms with E-state index in [-0.39, 0.29) is 17.9 Å². The Bertz CT molecular complexity index is 1400. The van der Waals surface area contributed by atoms with E-state index in [1.165, 1.54) is 5.56 Å². The second-order valence-corrected chi connectivity index (χ2v) is 10.7. The van der Waals surface area contributed by atoms with E-state index in [4.69, 9.17) is 16.0 Å². The minimum Gasteiger partial charge on any atom is -0.460 e. The number of nitrogens with zero attached hydrogens (tertiary/aromatic N) is 3. The van der Waals surface area contributed by atoms with E-state index in [0.717, 1.165) is 66.2 Å². The van der Waals surface area contributed by atoms with Crippen LogP contribution in [0.1, 0.15) is 65.7 Å². The summed E-state index contributed by atoms with van der Waals surface area (Å²) in [5.74, 6) is 0.932. The Morgan fingerprint density at radius 3 is 2.57 bits per heavy atom. The Balaban J connectivity index is 1.26. The van der Waals surface area contributed by atoms with Gasteiger partial charge in [-0.2, -0.15) is 5.10 Å². The van der Waals surface area contributed by atoms with Crippen LogP contribution in [0.2, 0.25) is 5.02 Å². The van der Waals surface area contributed by atoms with Crippen LogP contribution in [0.3, 0.4) is 0 Å². The fourth-order valence-corrected chi connectivity index (χ4v) is 5.02. The molecule has 1 aliphatic rings. The van der Waals surface area contributed by atoms with Gasteiger partial charge in [0.25, 0.3) is 5.91 Å². The van der Waals surface area contributed by atoms with Crippen molar-refractivity contribution < 1.29 is 14.3 Å². The first-order valence-electron chi connectivity index (χ1n) is 12.8. The standard InChI is InChI=1S/C29H33ClN4O3/c1-18(2)27-15-21-13-23(30)14-22(28(21)37-27)17-34-19(3)12-26(32-34)29(36)31-24-6-4-20(5-7-24)16-33-10-8-25(35)9-11-33/h4-7,12-15,18,25,35H,8-11,16-17H2,1-3H3,(H,31,36). The van der Waals surface area contributed by atoms with E-state index < -0.39 is 0 Å². The molecule has 194 valence electrons. The molecule has 5 rings (SSSR count). The number of rotatable bonds is 7. The van der Waals surface area contributed by atoms with Crippen LogP contribution in [0.25, 0.3) is 11.0 Å². The molecule has 2 N–H and O–H groups in total. The molecule has 1 fully saturated rings. The molecule has 37 heavy (non-hydrogen) atoms. The number of hydrogen-bond donors (Lipinski definition) is 2. The van der Waals surface area contributed by atoms with Crippen LogP contribution in [-0.2, 0) is 13.1 Å². The molecule has 0 spiro atoms. The molecule has 1 amide bonds. The van der Waals surface area contributed by atoms with Gasteiger partial charge in [-0.3, -0.25) is 14.4 Å². The fraction of sp³-hybridized carbons (Fsp3) is 0.379. The van der Waals surface area contributed by atoms with Crippen molar-refractivity contribution in [2.45, 2.75) is 58.7 Å². The van der Waals surface area contributed by atoms with Gasteiger partial charge in [0.15, 0.2) is 5.69 Å². The number of fused-ring (bicyclic) bond motifs is 1. The number of anilines is 1. The van der Waals surface area contributed by atoms with Gasteiger partial charge in [0, 0.05) is 52.9 Å². The first-order valence-corrected chi connectivity index (χ1v) is 13.2. The Hall–Kier alpha value is -3.13. The predicted octanol–water partition coefficient (Wildman–Crippen LogP) is 5.97. The van der Waals surface area contributed by atoms with Crippen molar-refractivity contribution in [3.05, 3.63) is 81.8 Å². The van der Waals surface area contributed by atoms with Crippen LogP contribution < -0.4 is 5.32 Å². The zero-order valence-electron chi connectivity index (χ0n) is 21.5. The molecule has 8 heteroatoms. The Labute approximate surface area is 222 Å². The van der Waals surface area contributed by atoms with E-state index in [2.05, 4.69) is 29.2 Å². The first kappa shape index (κ1) is 25.5. The van der Waals surface area contributed by atoms with Crippen LogP contribution in [0, 0.1) is 6.92 Å². The second kappa shape index (κ2) is 10.7. The lowest BCUT2D eigenvalue weighted by Gasteiger charge is -2.29. The lowest BCUT2D eigenvalue weighted by Crippen LogP contribution is -2.35. The van der Waals surface area contributed by atoms with Crippen molar-refractivity contribution in [1.82, 2.24) is 14.7 Å². The quantitative estimate of drug-likeness (QED) is 0.313. The minimum absolute atomic E-state index is 0.171. The lowest BCUT2D eigenvalue weighted by atomic mass is 10.1. The molecule has 0 radical (unpaired) electrons. The van der Waals surface area contributed by atoms with Crippen molar-refractivity contribution in [3.63, 3.8) is 0 Å². The highest BCUT2D eigenvalue weighted by Crippen LogP contribution is 2.31. The number of aliphatic hydroxyl groups is 1. The van der Waals surface area contributed by atoms with E-state index in [9.17, 15) is 9.90 Å². The molecule has 7 nitrogen and oxygen atoms in total. The molecule has 0 aliphatic carbocycles. The van der Waals surface area contributed by atoms with Crippen LogP contribution >= 0.6 is 11.6 Å². The number of aryl methyl sites for hydroxylation is 1. The average molecular weight is 521 g/mol. The maximum Gasteiger partial charge on any atom is 0.276 e. The highest BCUT2D eigenvalue weighted by atomic mass is 35.5. The number of hydrogen-bond acceptors (Lipinski definition) is 5. The van der Waals surface area contributed by atoms with Crippen molar-refractivity contribution in [2.24, 2.45) is 0 Å². The Morgan fingerprint density at radius 2 is 1.86 bits per heavy atom. The number of piperidine rings is 1. The van der Waals surface area contributed by atoms with Crippen LogP contribution in [0.4, 0.5) is 5.69 Å². The molecule has 2 aromatic heterocycles. The third-order valence-corrected chi connectivity index (χ3v) is 7.17. The summed E-state index contributed by atoms with van der Waals surface area (Å²) >= 11 is 6.39. The number of aliphatic hydroxyl groups excluding tert-OH is 1. The number of halogens is 1. The molecule has 4 aromatic rings. The molecular formula is C29H33ClN4O3. The van der Waals surface area contributed by atoms with Crippen molar-refractivity contribution in [1.29, 1.82) is 0 Å². The van der Waals surface area contributed by atoms with Gasteiger partial charge in [-0.25, -0.2) is 0 Å². The number of carbonyl (C=O) groups excluding carboxylic acids is 1. The summed E-state index contributed by atoms with van der Waals surface area (Å²) in [7, 11) is 0. The number of carbonyl (C=O) groups is 1.